The fraction of sp³-hybridized carbons (Fsp3) is 0.353. The molecular weight excluding hydrogens is 417 g/mol. The Morgan fingerprint density at radius 2 is 1.73 bits per heavy atom. The molecule has 1 N–H and O–H groups in total. The van der Waals surface area contributed by atoms with E-state index < -0.39 is 47.8 Å². The lowest BCUT2D eigenvalue weighted by molar-refractivity contribution is -0.142. The summed E-state index contributed by atoms with van der Waals surface area (Å²) in [5.74, 6) is -2.46. The summed E-state index contributed by atoms with van der Waals surface area (Å²) in [6, 6.07) is 3.26. The number of alkyl halides is 3. The number of likely N-dealkylation sites (tertiary alicyclic amines) is 1. The lowest BCUT2D eigenvalue weighted by Crippen LogP contribution is -2.38. The van der Waals surface area contributed by atoms with Crippen molar-refractivity contribution in [2.75, 3.05) is 11.9 Å². The van der Waals surface area contributed by atoms with Crippen LogP contribution >= 0.6 is 15.9 Å². The van der Waals surface area contributed by atoms with E-state index in [1.807, 2.05) is 12.2 Å². The Hall–Kier alpha value is -2.16. The van der Waals surface area contributed by atoms with Crippen LogP contribution in [0.1, 0.15) is 18.4 Å². The molecule has 5 nitrogen and oxygen atoms in total. The number of carbonyl (C=O) groups excluding carboxylic acids is 3. The van der Waals surface area contributed by atoms with E-state index in [0.29, 0.717) is 12.8 Å². The summed E-state index contributed by atoms with van der Waals surface area (Å²) < 4.78 is 38.6. The van der Waals surface area contributed by atoms with Crippen molar-refractivity contribution in [3.8, 4) is 0 Å². The SMILES string of the molecule is O=C(CN1C(=O)C2CC=CCC2C1=O)Nc1ccc(Br)c(C(F)(F)F)c1. The highest BCUT2D eigenvalue weighted by Crippen LogP contribution is 2.37. The second-order valence-electron chi connectivity index (χ2n) is 6.16. The van der Waals surface area contributed by atoms with E-state index in [1.54, 1.807) is 0 Å². The molecule has 3 amide bonds. The van der Waals surface area contributed by atoms with Gasteiger partial charge < -0.3 is 5.32 Å². The average molecular weight is 431 g/mol. The van der Waals surface area contributed by atoms with Gasteiger partial charge in [0.2, 0.25) is 17.7 Å². The summed E-state index contributed by atoms with van der Waals surface area (Å²) in [5.41, 5.74) is -0.996. The first kappa shape index (κ1) is 18.6. The van der Waals surface area contributed by atoms with Gasteiger partial charge in [-0.05, 0) is 31.0 Å². The van der Waals surface area contributed by atoms with Crippen molar-refractivity contribution in [2.45, 2.75) is 19.0 Å². The smallest absolute Gasteiger partial charge is 0.325 e. The molecule has 0 saturated carbocycles. The van der Waals surface area contributed by atoms with Gasteiger partial charge in [-0.1, -0.05) is 28.1 Å². The van der Waals surface area contributed by atoms with Crippen molar-refractivity contribution < 1.29 is 27.6 Å². The van der Waals surface area contributed by atoms with Crippen LogP contribution in [-0.4, -0.2) is 29.2 Å². The van der Waals surface area contributed by atoms with Crippen LogP contribution in [0, 0.1) is 11.8 Å². The largest absolute Gasteiger partial charge is 0.417 e. The quantitative estimate of drug-likeness (QED) is 0.590. The van der Waals surface area contributed by atoms with Crippen LogP contribution in [0.5, 0.6) is 0 Å². The average Bonchev–Trinajstić information content (AvgIpc) is 2.81. The molecule has 3 rings (SSSR count). The number of nitrogens with one attached hydrogen (secondary N) is 1. The molecule has 1 heterocycles. The number of anilines is 1. The number of nitrogens with zero attached hydrogens (tertiary/aromatic N) is 1. The molecule has 1 aromatic rings. The van der Waals surface area contributed by atoms with E-state index >= 15 is 0 Å². The number of hydrogen-bond acceptors (Lipinski definition) is 3. The summed E-state index contributed by atoms with van der Waals surface area (Å²) in [6.07, 6.45) is -0.0139. The van der Waals surface area contributed by atoms with Gasteiger partial charge in [-0.15, -0.1) is 0 Å². The van der Waals surface area contributed by atoms with Crippen LogP contribution in [0.2, 0.25) is 0 Å². The first-order valence-corrected chi connectivity index (χ1v) is 8.64. The molecule has 2 unspecified atom stereocenters. The Morgan fingerprint density at radius 1 is 1.15 bits per heavy atom. The number of amides is 3. The van der Waals surface area contributed by atoms with Gasteiger partial charge in [-0.3, -0.25) is 19.3 Å². The Labute approximate surface area is 155 Å². The molecule has 138 valence electrons. The molecule has 1 aliphatic heterocycles. The minimum atomic E-state index is -4.58. The zero-order valence-electron chi connectivity index (χ0n) is 13.3. The zero-order chi connectivity index (χ0) is 19.1. The highest BCUT2D eigenvalue weighted by Gasteiger charge is 2.47. The number of imide groups is 1. The number of fused-ring (bicyclic) bond motifs is 1. The third-order valence-electron chi connectivity index (χ3n) is 4.46. The first-order valence-electron chi connectivity index (χ1n) is 7.85. The predicted molar refractivity (Wildman–Crippen MR) is 89.8 cm³/mol. The minimum absolute atomic E-state index is 0.0660. The molecule has 0 spiro atoms. The van der Waals surface area contributed by atoms with Crippen LogP contribution in [0.15, 0.2) is 34.8 Å². The number of benzene rings is 1. The second kappa shape index (κ2) is 6.86. The van der Waals surface area contributed by atoms with Gasteiger partial charge >= 0.3 is 6.18 Å². The number of halogens is 4. The zero-order valence-corrected chi connectivity index (χ0v) is 14.9. The highest BCUT2D eigenvalue weighted by molar-refractivity contribution is 9.10. The molecule has 0 bridgehead atoms. The predicted octanol–water partition coefficient (Wildman–Crippen LogP) is 3.36. The van der Waals surface area contributed by atoms with Gasteiger partial charge in [-0.2, -0.15) is 13.2 Å². The fourth-order valence-corrected chi connectivity index (χ4v) is 3.66. The van der Waals surface area contributed by atoms with Crippen molar-refractivity contribution in [2.24, 2.45) is 11.8 Å². The molecule has 1 fully saturated rings. The van der Waals surface area contributed by atoms with Crippen LogP contribution < -0.4 is 5.32 Å². The lowest BCUT2D eigenvalue weighted by Gasteiger charge is -2.15. The van der Waals surface area contributed by atoms with Crippen LogP contribution in [-0.2, 0) is 20.6 Å². The molecule has 0 aromatic heterocycles. The number of carbonyl (C=O) groups is 3. The monoisotopic (exact) mass is 430 g/mol. The fourth-order valence-electron chi connectivity index (χ4n) is 3.19. The van der Waals surface area contributed by atoms with Gasteiger partial charge in [0, 0.05) is 10.2 Å². The molecule has 1 aliphatic carbocycles. The van der Waals surface area contributed by atoms with Gasteiger partial charge in [-0.25, -0.2) is 0 Å². The third kappa shape index (κ3) is 3.53. The second-order valence-corrected chi connectivity index (χ2v) is 7.01. The number of allylic oxidation sites excluding steroid dienone is 2. The lowest BCUT2D eigenvalue weighted by atomic mass is 9.85. The molecule has 26 heavy (non-hydrogen) atoms. The van der Waals surface area contributed by atoms with Crippen molar-refractivity contribution in [3.05, 3.63) is 40.4 Å². The van der Waals surface area contributed by atoms with Gasteiger partial charge in [0.1, 0.15) is 6.54 Å². The maximum absolute atomic E-state index is 12.9. The Balaban J connectivity index is 1.70. The molecule has 1 aromatic carbocycles. The van der Waals surface area contributed by atoms with Crippen LogP contribution in [0.3, 0.4) is 0 Å². The molecular formula is C17H14BrF3N2O3. The third-order valence-corrected chi connectivity index (χ3v) is 5.15. The maximum Gasteiger partial charge on any atom is 0.417 e. The summed E-state index contributed by atoms with van der Waals surface area (Å²) in [5, 5.41) is 2.31. The van der Waals surface area contributed by atoms with E-state index in [1.165, 1.54) is 12.1 Å². The van der Waals surface area contributed by atoms with E-state index in [-0.39, 0.29) is 10.2 Å². The summed E-state index contributed by atoms with van der Waals surface area (Å²) in [7, 11) is 0. The van der Waals surface area contributed by atoms with Crippen molar-refractivity contribution in [1.82, 2.24) is 4.90 Å². The maximum atomic E-state index is 12.9. The minimum Gasteiger partial charge on any atom is -0.325 e. The van der Waals surface area contributed by atoms with Crippen molar-refractivity contribution in [1.29, 1.82) is 0 Å². The molecule has 1 saturated heterocycles. The number of rotatable bonds is 3. The summed E-state index contributed by atoms with van der Waals surface area (Å²) >= 11 is 2.82. The normalized spacial score (nSPS) is 22.5. The molecule has 9 heteroatoms. The highest BCUT2D eigenvalue weighted by atomic mass is 79.9. The van der Waals surface area contributed by atoms with Gasteiger partial charge in [0.15, 0.2) is 0 Å². The first-order chi connectivity index (χ1) is 12.2. The summed E-state index contributed by atoms with van der Waals surface area (Å²) in [6.45, 7) is -0.512. The topological polar surface area (TPSA) is 66.5 Å². The molecule has 0 radical (unpaired) electrons. The van der Waals surface area contributed by atoms with Crippen LogP contribution in [0.4, 0.5) is 18.9 Å². The Morgan fingerprint density at radius 3 is 2.27 bits per heavy atom. The Bertz CT molecular complexity index is 781. The van der Waals surface area contributed by atoms with Gasteiger partial charge in [0.25, 0.3) is 0 Å². The number of hydrogen-bond donors (Lipinski definition) is 1. The van der Waals surface area contributed by atoms with E-state index in [4.69, 9.17) is 0 Å². The Kier molecular flexibility index (Phi) is 4.92. The standard InChI is InChI=1S/C17H14BrF3N2O3/c18-13-6-5-9(7-12(13)17(19,20)21)22-14(24)8-23-15(25)10-3-1-2-4-11(10)16(23)26/h1-2,5-7,10-11H,3-4,8H2,(H,22,24). The summed E-state index contributed by atoms with van der Waals surface area (Å²) in [4.78, 5) is 37.6. The van der Waals surface area contributed by atoms with E-state index in [0.717, 1.165) is 11.0 Å². The van der Waals surface area contributed by atoms with E-state index in [2.05, 4.69) is 21.2 Å². The van der Waals surface area contributed by atoms with Crippen molar-refractivity contribution in [3.63, 3.8) is 0 Å². The van der Waals surface area contributed by atoms with Crippen molar-refractivity contribution >= 4 is 39.3 Å². The van der Waals surface area contributed by atoms with Crippen LogP contribution in [0.25, 0.3) is 0 Å². The molecule has 2 atom stereocenters. The van der Waals surface area contributed by atoms with Gasteiger partial charge in [0.05, 0.1) is 17.4 Å². The molecule has 2 aliphatic rings. The van der Waals surface area contributed by atoms with E-state index in [9.17, 15) is 27.6 Å².